The summed E-state index contributed by atoms with van der Waals surface area (Å²) in [5.74, 6) is -2.21. The number of alkyl halides is 3. The molecule has 16 heteroatoms. The van der Waals surface area contributed by atoms with E-state index in [9.17, 15) is 27.9 Å². The maximum Gasteiger partial charge on any atom is 0.451 e. The van der Waals surface area contributed by atoms with Crippen molar-refractivity contribution in [1.29, 1.82) is 0 Å². The summed E-state index contributed by atoms with van der Waals surface area (Å²) < 4.78 is 39.7. The fourth-order valence-electron chi connectivity index (χ4n) is 4.02. The molecular weight excluding hydrogens is 533 g/mol. The largest absolute Gasteiger partial charge is 0.451 e. The van der Waals surface area contributed by atoms with Gasteiger partial charge in [0.05, 0.1) is 36.7 Å². The maximum absolute atomic E-state index is 13.4. The zero-order valence-electron chi connectivity index (χ0n) is 21.0. The molecule has 4 aromatic heterocycles. The van der Waals surface area contributed by atoms with Crippen LogP contribution in [0.1, 0.15) is 35.0 Å². The number of aliphatic hydroxyl groups is 1. The van der Waals surface area contributed by atoms with E-state index in [4.69, 9.17) is 0 Å². The van der Waals surface area contributed by atoms with Gasteiger partial charge in [0.15, 0.2) is 17.3 Å². The summed E-state index contributed by atoms with van der Waals surface area (Å²) in [4.78, 5) is 52.5. The van der Waals surface area contributed by atoms with Crippen molar-refractivity contribution in [3.8, 4) is 11.3 Å². The Morgan fingerprint density at radius 3 is 2.55 bits per heavy atom. The van der Waals surface area contributed by atoms with Crippen LogP contribution in [-0.4, -0.2) is 69.7 Å². The lowest BCUT2D eigenvalue weighted by molar-refractivity contribution is -0.145. The molecule has 1 aliphatic heterocycles. The first kappa shape index (κ1) is 26.6. The third-order valence-electron chi connectivity index (χ3n) is 6.14. The van der Waals surface area contributed by atoms with Gasteiger partial charge in [-0.3, -0.25) is 24.5 Å². The molecule has 2 amide bonds. The molecule has 1 aliphatic rings. The van der Waals surface area contributed by atoms with Crippen LogP contribution in [0, 0.1) is 0 Å². The van der Waals surface area contributed by atoms with E-state index in [0.717, 1.165) is 12.4 Å². The molecule has 206 valence electrons. The molecule has 40 heavy (non-hydrogen) atoms. The van der Waals surface area contributed by atoms with E-state index >= 15 is 0 Å². The average Bonchev–Trinajstić information content (AvgIpc) is 3.39. The van der Waals surface area contributed by atoms with Crippen molar-refractivity contribution in [1.82, 2.24) is 39.4 Å². The van der Waals surface area contributed by atoms with Crippen LogP contribution in [0.2, 0.25) is 0 Å². The van der Waals surface area contributed by atoms with Gasteiger partial charge < -0.3 is 19.9 Å². The molecule has 13 nitrogen and oxygen atoms in total. The average molecular weight is 554 g/mol. The molecule has 2 atom stereocenters. The van der Waals surface area contributed by atoms with Gasteiger partial charge in [0.25, 0.3) is 5.91 Å². The van der Waals surface area contributed by atoms with Crippen molar-refractivity contribution in [2.45, 2.75) is 32.0 Å². The van der Waals surface area contributed by atoms with E-state index in [-0.39, 0.29) is 35.1 Å². The molecule has 0 aliphatic carbocycles. The van der Waals surface area contributed by atoms with E-state index in [1.807, 2.05) is 0 Å². The molecule has 0 fully saturated rings. The standard InChI is InChI=1S/C24H21F3N10O3/c1-13(20(38)34-17-10-28-9-16(33-17)14-7-30-22(31-8-14)24(25,26)27)37-12-32-19-18(37)21(39)36(23(40)35(19)2)11-15-5-3-4-6-29-15/h3-10,12-13,23,40H,11H2,1-2H3,(H,33,34,38)/t13-,23?/m0/s1. The Kier molecular flexibility index (Phi) is 6.85. The molecule has 2 N–H and O–H groups in total. The number of anilines is 2. The second kappa shape index (κ2) is 10.3. The van der Waals surface area contributed by atoms with Gasteiger partial charge in [-0.1, -0.05) is 6.07 Å². The lowest BCUT2D eigenvalue weighted by atomic mass is 10.2. The van der Waals surface area contributed by atoms with E-state index in [2.05, 4.69) is 35.2 Å². The Balaban J connectivity index is 1.36. The van der Waals surface area contributed by atoms with E-state index in [1.165, 1.54) is 33.1 Å². The molecule has 4 aromatic rings. The SMILES string of the molecule is C[C@@H](C(=O)Nc1cncc(-c2cnc(C(F)(F)F)nc2)n1)n1cnc2c1C(=O)N(Cc1ccccn1)C(O)N2C. The zero-order chi connectivity index (χ0) is 28.6. The van der Waals surface area contributed by atoms with Gasteiger partial charge in [-0.05, 0) is 19.1 Å². The third-order valence-corrected chi connectivity index (χ3v) is 6.14. The maximum atomic E-state index is 13.4. The predicted molar refractivity (Wildman–Crippen MR) is 132 cm³/mol. The summed E-state index contributed by atoms with van der Waals surface area (Å²) in [6.45, 7) is 1.56. The Bertz CT molecular complexity index is 1550. The molecular formula is C24H21F3N10O3. The highest BCUT2D eigenvalue weighted by Gasteiger charge is 2.40. The van der Waals surface area contributed by atoms with Crippen LogP contribution >= 0.6 is 0 Å². The van der Waals surface area contributed by atoms with Gasteiger partial charge >= 0.3 is 6.18 Å². The van der Waals surface area contributed by atoms with Gasteiger partial charge in [-0.15, -0.1) is 0 Å². The molecule has 5 rings (SSSR count). The fraction of sp³-hybridized carbons (Fsp3) is 0.250. The van der Waals surface area contributed by atoms with Gasteiger partial charge in [0.2, 0.25) is 18.1 Å². The molecule has 5 heterocycles. The lowest BCUT2D eigenvalue weighted by Crippen LogP contribution is -2.54. The fourth-order valence-corrected chi connectivity index (χ4v) is 4.02. The van der Waals surface area contributed by atoms with Gasteiger partial charge in [-0.2, -0.15) is 13.2 Å². The number of rotatable bonds is 6. The highest BCUT2D eigenvalue weighted by Crippen LogP contribution is 2.31. The van der Waals surface area contributed by atoms with Crippen molar-refractivity contribution in [2.24, 2.45) is 0 Å². The quantitative estimate of drug-likeness (QED) is 0.362. The van der Waals surface area contributed by atoms with E-state index in [0.29, 0.717) is 5.69 Å². The van der Waals surface area contributed by atoms with Crippen LogP contribution in [0.3, 0.4) is 0 Å². The van der Waals surface area contributed by atoms with Gasteiger partial charge in [0, 0.05) is 31.2 Å². The zero-order valence-corrected chi connectivity index (χ0v) is 21.0. The Labute approximate surface area is 224 Å². The predicted octanol–water partition coefficient (Wildman–Crippen LogP) is 2.11. The van der Waals surface area contributed by atoms with Crippen molar-refractivity contribution < 1.29 is 27.9 Å². The molecule has 0 radical (unpaired) electrons. The highest BCUT2D eigenvalue weighted by atomic mass is 19.4. The normalized spacial score (nSPS) is 16.1. The number of nitrogens with one attached hydrogen (secondary N) is 1. The number of aromatic nitrogens is 7. The number of hydrogen-bond donors (Lipinski definition) is 2. The number of imidazole rings is 1. The van der Waals surface area contributed by atoms with Gasteiger partial charge in [0.1, 0.15) is 6.04 Å². The minimum atomic E-state index is -4.69. The van der Waals surface area contributed by atoms with Crippen molar-refractivity contribution in [2.75, 3.05) is 17.3 Å². The summed E-state index contributed by atoms with van der Waals surface area (Å²) in [6.07, 6.45) is 1.36. The van der Waals surface area contributed by atoms with E-state index in [1.54, 1.807) is 38.4 Å². The summed E-state index contributed by atoms with van der Waals surface area (Å²) in [6, 6.07) is 4.25. The number of carbonyl (C=O) groups excluding carboxylic acids is 2. The molecule has 1 unspecified atom stereocenters. The highest BCUT2D eigenvalue weighted by molar-refractivity contribution is 6.01. The van der Waals surface area contributed by atoms with Gasteiger partial charge in [-0.25, -0.2) is 19.9 Å². The summed E-state index contributed by atoms with van der Waals surface area (Å²) in [7, 11) is 1.56. The summed E-state index contributed by atoms with van der Waals surface area (Å²) >= 11 is 0. The van der Waals surface area contributed by atoms with Crippen LogP contribution in [-0.2, 0) is 17.5 Å². The number of halogens is 3. The van der Waals surface area contributed by atoms with Crippen LogP contribution in [0.5, 0.6) is 0 Å². The van der Waals surface area contributed by atoms with Crippen molar-refractivity contribution in [3.05, 3.63) is 72.7 Å². The Morgan fingerprint density at radius 1 is 1.12 bits per heavy atom. The van der Waals surface area contributed by atoms with E-state index < -0.39 is 36.2 Å². The third kappa shape index (κ3) is 5.03. The number of carbonyl (C=O) groups is 2. The van der Waals surface area contributed by atoms with Crippen LogP contribution in [0.15, 0.2) is 55.5 Å². The monoisotopic (exact) mass is 554 g/mol. The van der Waals surface area contributed by atoms with Crippen LogP contribution < -0.4 is 10.2 Å². The second-order valence-corrected chi connectivity index (χ2v) is 8.78. The first-order chi connectivity index (χ1) is 19.0. The van der Waals surface area contributed by atoms with Crippen molar-refractivity contribution >= 4 is 23.5 Å². The smallest absolute Gasteiger partial charge is 0.356 e. The number of aliphatic hydroxyl groups excluding tert-OH is 1. The Morgan fingerprint density at radius 2 is 1.88 bits per heavy atom. The molecule has 0 saturated heterocycles. The molecule has 0 bridgehead atoms. The first-order valence-electron chi connectivity index (χ1n) is 11.8. The minimum absolute atomic E-state index is 0.0128. The van der Waals surface area contributed by atoms with Crippen LogP contribution in [0.25, 0.3) is 11.3 Å². The summed E-state index contributed by atoms with van der Waals surface area (Å²) in [5, 5.41) is 13.3. The second-order valence-electron chi connectivity index (χ2n) is 8.78. The molecule has 0 spiro atoms. The number of nitrogens with zero attached hydrogens (tertiary/aromatic N) is 9. The van der Waals surface area contributed by atoms with Crippen LogP contribution in [0.4, 0.5) is 24.8 Å². The molecule has 0 saturated carbocycles. The number of fused-ring (bicyclic) bond motifs is 1. The lowest BCUT2D eigenvalue weighted by Gasteiger charge is -2.38. The Hall–Kier alpha value is -4.99. The topological polar surface area (TPSA) is 155 Å². The number of pyridine rings is 1. The number of hydrogen-bond acceptors (Lipinski definition) is 10. The van der Waals surface area contributed by atoms with Crippen molar-refractivity contribution in [3.63, 3.8) is 0 Å². The number of amides is 2. The minimum Gasteiger partial charge on any atom is -0.356 e. The summed E-state index contributed by atoms with van der Waals surface area (Å²) in [5.41, 5.74) is 0.942. The first-order valence-corrected chi connectivity index (χ1v) is 11.8. The molecule has 0 aromatic carbocycles.